The summed E-state index contributed by atoms with van der Waals surface area (Å²) in [7, 11) is 0. The summed E-state index contributed by atoms with van der Waals surface area (Å²) in [6.45, 7) is 0.288. The molecule has 3 nitrogen and oxygen atoms in total. The van der Waals surface area contributed by atoms with Crippen LogP contribution in [-0.2, 0) is 6.61 Å². The molecule has 1 heterocycles. The van der Waals surface area contributed by atoms with Crippen molar-refractivity contribution in [3.05, 3.63) is 56.8 Å². The van der Waals surface area contributed by atoms with Crippen molar-refractivity contribution < 1.29 is 4.74 Å². The minimum absolute atomic E-state index is 0.236. The van der Waals surface area contributed by atoms with Crippen molar-refractivity contribution in [3.63, 3.8) is 0 Å². The fraction of sp³-hybridized carbons (Fsp3) is 0.0769. The third-order valence-corrected chi connectivity index (χ3v) is 3.67. The van der Waals surface area contributed by atoms with E-state index in [9.17, 15) is 0 Å². The fourth-order valence-electron chi connectivity index (χ4n) is 1.47. The largest absolute Gasteiger partial charge is 0.487 e. The Morgan fingerprint density at radius 1 is 1.15 bits per heavy atom. The molecule has 20 heavy (non-hydrogen) atoms. The Labute approximate surface area is 136 Å². The number of hydrogen-bond acceptors (Lipinski definition) is 3. The summed E-state index contributed by atoms with van der Waals surface area (Å²) in [6.07, 6.45) is 1.61. The van der Waals surface area contributed by atoms with E-state index >= 15 is 0 Å². The topological polar surface area (TPSA) is 48.1 Å². The molecule has 0 aliphatic rings. The summed E-state index contributed by atoms with van der Waals surface area (Å²) in [6, 6.07) is 6.66. The molecule has 2 aromatic rings. The Morgan fingerprint density at radius 2 is 1.85 bits per heavy atom. The van der Waals surface area contributed by atoms with Crippen LogP contribution in [0.25, 0.3) is 0 Å². The standard InChI is InChI=1S/C13H9Cl3N2OS/c14-8-4-10(16)12(5-9(8)15)19-6-7-1-2-18-11(3-7)13(17)20/h1-5H,6H2,(H2,17,20). The quantitative estimate of drug-likeness (QED) is 0.663. The Balaban J connectivity index is 2.15. The van der Waals surface area contributed by atoms with Gasteiger partial charge < -0.3 is 10.5 Å². The lowest BCUT2D eigenvalue weighted by molar-refractivity contribution is 0.306. The Kier molecular flexibility index (Phi) is 5.05. The highest BCUT2D eigenvalue weighted by Crippen LogP contribution is 2.34. The third kappa shape index (κ3) is 3.73. The minimum atomic E-state index is 0.236. The van der Waals surface area contributed by atoms with E-state index < -0.39 is 0 Å². The van der Waals surface area contributed by atoms with Gasteiger partial charge >= 0.3 is 0 Å². The highest BCUT2D eigenvalue weighted by Gasteiger charge is 2.08. The van der Waals surface area contributed by atoms with Crippen LogP contribution in [0.3, 0.4) is 0 Å². The van der Waals surface area contributed by atoms with Gasteiger partial charge in [0.1, 0.15) is 17.3 Å². The highest BCUT2D eigenvalue weighted by molar-refractivity contribution is 7.80. The molecule has 0 aliphatic heterocycles. The first kappa shape index (κ1) is 15.3. The van der Waals surface area contributed by atoms with Gasteiger partial charge in [-0.15, -0.1) is 0 Å². The number of benzene rings is 1. The molecule has 0 spiro atoms. The zero-order valence-electron chi connectivity index (χ0n) is 10.1. The van der Waals surface area contributed by atoms with Gasteiger partial charge in [-0.25, -0.2) is 0 Å². The molecule has 7 heteroatoms. The molecule has 0 atom stereocenters. The molecule has 0 amide bonds. The van der Waals surface area contributed by atoms with E-state index in [0.29, 0.717) is 26.5 Å². The lowest BCUT2D eigenvalue weighted by Crippen LogP contribution is -2.12. The fourth-order valence-corrected chi connectivity index (χ4v) is 2.18. The van der Waals surface area contributed by atoms with Gasteiger partial charge in [-0.2, -0.15) is 0 Å². The third-order valence-electron chi connectivity index (χ3n) is 2.45. The van der Waals surface area contributed by atoms with Gasteiger partial charge in [0.05, 0.1) is 20.8 Å². The number of ether oxygens (including phenoxy) is 1. The van der Waals surface area contributed by atoms with Gasteiger partial charge in [-0.3, -0.25) is 4.98 Å². The molecule has 1 aromatic carbocycles. The van der Waals surface area contributed by atoms with Crippen LogP contribution in [0.4, 0.5) is 0 Å². The van der Waals surface area contributed by atoms with E-state index in [1.54, 1.807) is 24.4 Å². The molecule has 1 aromatic heterocycles. The van der Waals surface area contributed by atoms with Crippen LogP contribution in [0.5, 0.6) is 5.75 Å². The first-order valence-electron chi connectivity index (χ1n) is 5.49. The number of rotatable bonds is 4. The average Bonchev–Trinajstić information content (AvgIpc) is 2.41. The van der Waals surface area contributed by atoms with Crippen LogP contribution in [-0.4, -0.2) is 9.97 Å². The van der Waals surface area contributed by atoms with E-state index in [2.05, 4.69) is 4.98 Å². The molecule has 2 N–H and O–H groups in total. The summed E-state index contributed by atoms with van der Waals surface area (Å²) in [5, 5.41) is 1.15. The second-order valence-corrected chi connectivity index (χ2v) is 5.56. The maximum Gasteiger partial charge on any atom is 0.139 e. The van der Waals surface area contributed by atoms with Crippen molar-refractivity contribution in [1.29, 1.82) is 0 Å². The molecular weight excluding hydrogens is 339 g/mol. The molecule has 0 saturated heterocycles. The second kappa shape index (κ2) is 6.59. The molecule has 0 bridgehead atoms. The van der Waals surface area contributed by atoms with Crippen LogP contribution in [0.2, 0.25) is 15.1 Å². The molecule has 104 valence electrons. The molecule has 0 fully saturated rings. The number of nitrogens with two attached hydrogens (primary N) is 1. The Hall–Kier alpha value is -1.07. The summed E-state index contributed by atoms with van der Waals surface area (Å²) >= 11 is 22.7. The molecule has 0 saturated carbocycles. The Bertz CT molecular complexity index is 664. The monoisotopic (exact) mass is 346 g/mol. The number of aromatic nitrogens is 1. The summed E-state index contributed by atoms with van der Waals surface area (Å²) in [5.74, 6) is 0.453. The maximum absolute atomic E-state index is 6.03. The van der Waals surface area contributed by atoms with Crippen LogP contribution in [0, 0.1) is 0 Å². The van der Waals surface area contributed by atoms with E-state index in [0.717, 1.165) is 5.56 Å². The first-order chi connectivity index (χ1) is 9.47. The number of nitrogens with zero attached hydrogens (tertiary/aromatic N) is 1. The van der Waals surface area contributed by atoms with Crippen molar-refractivity contribution in [2.45, 2.75) is 6.61 Å². The summed E-state index contributed by atoms with van der Waals surface area (Å²) in [5.41, 5.74) is 6.93. The van der Waals surface area contributed by atoms with Crippen molar-refractivity contribution in [1.82, 2.24) is 4.98 Å². The van der Waals surface area contributed by atoms with E-state index in [-0.39, 0.29) is 11.6 Å². The van der Waals surface area contributed by atoms with Crippen molar-refractivity contribution in [3.8, 4) is 5.75 Å². The molecule has 2 rings (SSSR count). The smallest absolute Gasteiger partial charge is 0.139 e. The van der Waals surface area contributed by atoms with Crippen LogP contribution < -0.4 is 10.5 Å². The van der Waals surface area contributed by atoms with Crippen molar-refractivity contribution in [2.75, 3.05) is 0 Å². The van der Waals surface area contributed by atoms with Crippen LogP contribution in [0.15, 0.2) is 30.5 Å². The number of thiocarbonyl (C=S) groups is 1. The van der Waals surface area contributed by atoms with Gasteiger partial charge in [-0.1, -0.05) is 47.0 Å². The summed E-state index contributed by atoms with van der Waals surface area (Å²) < 4.78 is 5.61. The normalized spacial score (nSPS) is 10.3. The number of halogens is 3. The van der Waals surface area contributed by atoms with Gasteiger partial charge in [0.15, 0.2) is 0 Å². The predicted molar refractivity (Wildman–Crippen MR) is 85.9 cm³/mol. The Morgan fingerprint density at radius 3 is 2.55 bits per heavy atom. The average molecular weight is 348 g/mol. The first-order valence-corrected chi connectivity index (χ1v) is 7.03. The predicted octanol–water partition coefficient (Wildman–Crippen LogP) is 4.26. The van der Waals surface area contributed by atoms with E-state index in [1.807, 2.05) is 0 Å². The zero-order valence-corrected chi connectivity index (χ0v) is 13.2. The van der Waals surface area contributed by atoms with E-state index in [4.69, 9.17) is 57.5 Å². The summed E-state index contributed by atoms with van der Waals surface area (Å²) in [4.78, 5) is 4.29. The molecule has 0 aliphatic carbocycles. The molecule has 0 radical (unpaired) electrons. The highest BCUT2D eigenvalue weighted by atomic mass is 35.5. The van der Waals surface area contributed by atoms with Gasteiger partial charge in [0, 0.05) is 12.3 Å². The molecule has 0 unspecified atom stereocenters. The van der Waals surface area contributed by atoms with Gasteiger partial charge in [-0.05, 0) is 23.8 Å². The lowest BCUT2D eigenvalue weighted by atomic mass is 10.2. The SMILES string of the molecule is NC(=S)c1cc(COc2cc(Cl)c(Cl)cc2Cl)ccn1. The van der Waals surface area contributed by atoms with Crippen LogP contribution in [0.1, 0.15) is 11.3 Å². The number of hydrogen-bond donors (Lipinski definition) is 1. The van der Waals surface area contributed by atoms with Crippen LogP contribution >= 0.6 is 47.0 Å². The van der Waals surface area contributed by atoms with Crippen molar-refractivity contribution in [2.24, 2.45) is 5.73 Å². The van der Waals surface area contributed by atoms with Crippen molar-refractivity contribution >= 4 is 52.0 Å². The lowest BCUT2D eigenvalue weighted by Gasteiger charge is -2.10. The molecular formula is C13H9Cl3N2OS. The van der Waals surface area contributed by atoms with Gasteiger partial charge in [0.2, 0.25) is 0 Å². The zero-order chi connectivity index (χ0) is 14.7. The second-order valence-electron chi connectivity index (χ2n) is 3.90. The van der Waals surface area contributed by atoms with Gasteiger partial charge in [0.25, 0.3) is 0 Å². The minimum Gasteiger partial charge on any atom is -0.487 e. The van der Waals surface area contributed by atoms with E-state index in [1.165, 1.54) is 6.07 Å². The number of pyridine rings is 1. The maximum atomic E-state index is 6.03.